The largest absolute Gasteiger partial charge is 0.444 e. The molecule has 0 spiro atoms. The second-order valence-corrected chi connectivity index (χ2v) is 16.7. The van der Waals surface area contributed by atoms with E-state index in [0.717, 1.165) is 24.1 Å². The Morgan fingerprint density at radius 1 is 1.00 bits per heavy atom. The van der Waals surface area contributed by atoms with E-state index in [1.165, 1.54) is 0 Å². The van der Waals surface area contributed by atoms with E-state index in [2.05, 4.69) is 24.5 Å². The zero-order chi connectivity index (χ0) is 25.7. The number of Topliss-reactive ketones (excluding diaryl/α,β-unsaturated/α-hetero) is 1. The molecule has 6 nitrogen and oxygen atoms in total. The fourth-order valence-electron chi connectivity index (χ4n) is 3.03. The van der Waals surface area contributed by atoms with Gasteiger partial charge in [0.05, 0.1) is 6.54 Å². The number of benzene rings is 1. The number of ketones is 1. The third kappa shape index (κ3) is 10.7. The number of amides is 1. The normalized spacial score (nSPS) is 13.9. The summed E-state index contributed by atoms with van der Waals surface area (Å²) in [4.78, 5) is 35.2. The van der Waals surface area contributed by atoms with Crippen LogP contribution in [0.25, 0.3) is 0 Å². The molecule has 0 aliphatic heterocycles. The number of hydrogen-bond acceptors (Lipinski definition) is 5. The van der Waals surface area contributed by atoms with Gasteiger partial charge in [-0.1, -0.05) is 46.8 Å². The molecule has 33 heavy (non-hydrogen) atoms. The quantitative estimate of drug-likeness (QED) is 0.364. The Morgan fingerprint density at radius 2 is 1.55 bits per heavy atom. The molecule has 7 heteroatoms. The Balaban J connectivity index is 2.87. The van der Waals surface area contributed by atoms with Crippen LogP contribution in [0.3, 0.4) is 0 Å². The molecule has 0 aromatic heterocycles. The first kappa shape index (κ1) is 29.2. The summed E-state index contributed by atoms with van der Waals surface area (Å²) < 4.78 is 5.47. The van der Waals surface area contributed by atoms with Crippen molar-refractivity contribution in [3.05, 3.63) is 29.8 Å². The molecule has 0 aliphatic carbocycles. The summed E-state index contributed by atoms with van der Waals surface area (Å²) in [5, 5.41) is 6.05. The molecule has 3 N–H and O–H groups in total. The summed E-state index contributed by atoms with van der Waals surface area (Å²) in [6.45, 7) is 19.7. The number of anilines is 1. The molecule has 1 rings (SSSR count). The number of hydrogen-bond donors (Lipinski definition) is 3. The first-order valence-electron chi connectivity index (χ1n) is 11.9. The predicted octanol–water partition coefficient (Wildman–Crippen LogP) is 5.91. The van der Waals surface area contributed by atoms with Crippen molar-refractivity contribution in [3.63, 3.8) is 0 Å². The second-order valence-electron chi connectivity index (χ2n) is 12.3. The van der Waals surface area contributed by atoms with Crippen LogP contribution in [0.4, 0.5) is 10.5 Å². The lowest BCUT2D eigenvalue weighted by Gasteiger charge is -2.36. The SMILES string of the molecule is CC(C)(C)OC(=O)N[C@H](CCC(C)(C)[Si](C)(C)O)Cc1ccc(NCC(=O)C(C)(C)C)cc1. The summed E-state index contributed by atoms with van der Waals surface area (Å²) in [5.41, 5.74) is 1.04. The van der Waals surface area contributed by atoms with Crippen molar-refractivity contribution in [2.24, 2.45) is 5.41 Å². The standard InChI is InChI=1S/C26H46N2O4Si/c1-24(2,3)22(29)18-27-20-13-11-19(12-14-20)17-21(28-23(30)32-25(4,5)6)15-16-26(7,8)33(9,10)31/h11-14,21,27,31H,15-18H2,1-10H3,(H,28,30)/t21-/m1/s1. The van der Waals surface area contributed by atoms with Gasteiger partial charge in [0.25, 0.3) is 0 Å². The number of rotatable bonds is 10. The first-order chi connectivity index (χ1) is 14.8. The lowest BCUT2D eigenvalue weighted by Crippen LogP contribution is -2.43. The minimum Gasteiger partial charge on any atom is -0.444 e. The Bertz CT molecular complexity index is 784. The molecule has 0 radical (unpaired) electrons. The zero-order valence-corrected chi connectivity index (χ0v) is 23.4. The summed E-state index contributed by atoms with van der Waals surface area (Å²) in [6, 6.07) is 7.84. The van der Waals surface area contributed by atoms with Crippen LogP contribution >= 0.6 is 0 Å². The van der Waals surface area contributed by atoms with Crippen LogP contribution in [0.15, 0.2) is 24.3 Å². The number of alkyl carbamates (subject to hydrolysis) is 1. The van der Waals surface area contributed by atoms with Crippen molar-refractivity contribution in [2.45, 2.75) is 104 Å². The zero-order valence-electron chi connectivity index (χ0n) is 22.4. The Hall–Kier alpha value is -1.86. The van der Waals surface area contributed by atoms with E-state index in [-0.39, 0.29) is 22.3 Å². The van der Waals surface area contributed by atoms with Crippen molar-refractivity contribution in [2.75, 3.05) is 11.9 Å². The van der Waals surface area contributed by atoms with E-state index in [0.29, 0.717) is 13.0 Å². The third-order valence-corrected chi connectivity index (χ3v) is 9.78. The summed E-state index contributed by atoms with van der Waals surface area (Å²) in [6.07, 6.45) is 1.77. The third-order valence-electron chi connectivity index (χ3n) is 6.22. The topological polar surface area (TPSA) is 87.7 Å². The van der Waals surface area contributed by atoms with E-state index in [4.69, 9.17) is 4.74 Å². The average Bonchev–Trinajstić information content (AvgIpc) is 2.62. The van der Waals surface area contributed by atoms with E-state index in [9.17, 15) is 14.4 Å². The molecule has 1 aromatic rings. The van der Waals surface area contributed by atoms with E-state index in [1.807, 2.05) is 78.9 Å². The lowest BCUT2D eigenvalue weighted by molar-refractivity contribution is -0.124. The van der Waals surface area contributed by atoms with Gasteiger partial charge in [0.15, 0.2) is 14.1 Å². The highest BCUT2D eigenvalue weighted by Gasteiger charge is 2.38. The highest BCUT2D eigenvalue weighted by Crippen LogP contribution is 2.40. The Morgan fingerprint density at radius 3 is 2.00 bits per heavy atom. The van der Waals surface area contributed by atoms with Crippen LogP contribution in [-0.4, -0.2) is 43.2 Å². The van der Waals surface area contributed by atoms with Crippen LogP contribution in [-0.2, 0) is 16.0 Å². The molecule has 0 aliphatic rings. The van der Waals surface area contributed by atoms with Gasteiger partial charge < -0.3 is 20.2 Å². The number of carbonyl (C=O) groups excluding carboxylic acids is 2. The maximum atomic E-state index is 12.4. The van der Waals surface area contributed by atoms with Crippen molar-refractivity contribution >= 4 is 25.9 Å². The number of nitrogens with one attached hydrogen (secondary N) is 2. The van der Waals surface area contributed by atoms with Gasteiger partial charge >= 0.3 is 6.09 Å². The van der Waals surface area contributed by atoms with Gasteiger partial charge in [-0.05, 0) is 75.9 Å². The molecule has 1 aromatic carbocycles. The fraction of sp³-hybridized carbons (Fsp3) is 0.692. The number of carbonyl (C=O) groups is 2. The van der Waals surface area contributed by atoms with Crippen molar-refractivity contribution in [3.8, 4) is 0 Å². The molecule has 0 saturated heterocycles. The summed E-state index contributed by atoms with van der Waals surface area (Å²) in [5.74, 6) is 0.158. The second kappa shape index (κ2) is 11.0. The first-order valence-corrected chi connectivity index (χ1v) is 14.8. The molecular weight excluding hydrogens is 432 g/mol. The maximum Gasteiger partial charge on any atom is 0.407 e. The van der Waals surface area contributed by atoms with Gasteiger partial charge in [-0.15, -0.1) is 0 Å². The maximum absolute atomic E-state index is 12.4. The van der Waals surface area contributed by atoms with E-state index >= 15 is 0 Å². The molecule has 1 amide bonds. The van der Waals surface area contributed by atoms with Crippen LogP contribution < -0.4 is 10.6 Å². The molecule has 0 unspecified atom stereocenters. The monoisotopic (exact) mass is 478 g/mol. The van der Waals surface area contributed by atoms with E-state index < -0.39 is 20.0 Å². The van der Waals surface area contributed by atoms with Gasteiger partial charge in [0.2, 0.25) is 0 Å². The van der Waals surface area contributed by atoms with Crippen LogP contribution in [0.5, 0.6) is 0 Å². The van der Waals surface area contributed by atoms with Gasteiger partial charge in [-0.2, -0.15) is 0 Å². The minimum absolute atomic E-state index is 0.114. The fourth-order valence-corrected chi connectivity index (χ4v) is 3.79. The minimum atomic E-state index is -2.34. The van der Waals surface area contributed by atoms with Crippen molar-refractivity contribution in [1.29, 1.82) is 0 Å². The van der Waals surface area contributed by atoms with Gasteiger partial charge in [0.1, 0.15) is 5.60 Å². The van der Waals surface area contributed by atoms with E-state index in [1.54, 1.807) is 0 Å². The average molecular weight is 479 g/mol. The molecule has 188 valence electrons. The summed E-state index contributed by atoms with van der Waals surface area (Å²) >= 11 is 0. The molecule has 1 atom stereocenters. The molecule has 0 heterocycles. The highest BCUT2D eigenvalue weighted by atomic mass is 28.4. The van der Waals surface area contributed by atoms with Gasteiger partial charge in [0, 0.05) is 17.1 Å². The predicted molar refractivity (Wildman–Crippen MR) is 139 cm³/mol. The number of ether oxygens (including phenoxy) is 1. The van der Waals surface area contributed by atoms with Gasteiger partial charge in [-0.25, -0.2) is 4.79 Å². The van der Waals surface area contributed by atoms with Gasteiger partial charge in [-0.3, -0.25) is 4.79 Å². The Labute approximate surface area is 202 Å². The van der Waals surface area contributed by atoms with Crippen molar-refractivity contribution < 1.29 is 19.1 Å². The van der Waals surface area contributed by atoms with Crippen LogP contribution in [0.1, 0.15) is 73.8 Å². The van der Waals surface area contributed by atoms with Crippen LogP contribution in [0.2, 0.25) is 18.1 Å². The van der Waals surface area contributed by atoms with Crippen LogP contribution in [0, 0.1) is 5.41 Å². The van der Waals surface area contributed by atoms with Crippen molar-refractivity contribution in [1.82, 2.24) is 5.32 Å². The smallest absolute Gasteiger partial charge is 0.407 e. The molecular formula is C26H46N2O4Si. The molecule has 0 fully saturated rings. The summed E-state index contributed by atoms with van der Waals surface area (Å²) in [7, 11) is -2.34. The highest BCUT2D eigenvalue weighted by molar-refractivity contribution is 6.72. The lowest BCUT2D eigenvalue weighted by atomic mass is 9.91. The molecule has 0 saturated carbocycles. The molecule has 0 bridgehead atoms. The Kier molecular flexibility index (Phi) is 9.76.